The van der Waals surface area contributed by atoms with Crippen LogP contribution in [-0.2, 0) is 9.59 Å². The number of rotatable bonds is 2. The van der Waals surface area contributed by atoms with E-state index in [1.807, 2.05) is 43.3 Å². The van der Waals surface area contributed by atoms with Crippen LogP contribution in [-0.4, -0.2) is 16.7 Å². The predicted molar refractivity (Wildman–Crippen MR) is 107 cm³/mol. The Kier molecular flexibility index (Phi) is 3.92. The van der Waals surface area contributed by atoms with E-state index in [4.69, 9.17) is 0 Å². The molecule has 27 heavy (non-hydrogen) atoms. The maximum Gasteiger partial charge on any atom is 0.166 e. The van der Waals surface area contributed by atoms with Crippen LogP contribution in [0.15, 0.2) is 72.4 Å². The van der Waals surface area contributed by atoms with Crippen LogP contribution in [0.2, 0.25) is 0 Å². The molecule has 0 aliphatic heterocycles. The summed E-state index contributed by atoms with van der Waals surface area (Å²) in [7, 11) is 0. The summed E-state index contributed by atoms with van der Waals surface area (Å²) in [5.74, 6) is -0.434. The highest BCUT2D eigenvalue weighted by molar-refractivity contribution is 6.13. The van der Waals surface area contributed by atoms with Crippen LogP contribution in [0.4, 0.5) is 0 Å². The van der Waals surface area contributed by atoms with E-state index in [0.717, 1.165) is 21.9 Å². The number of hydrogen-bond acceptors (Lipinski definition) is 3. The third kappa shape index (κ3) is 2.34. The Hall–Kier alpha value is -2.94. The number of fused-ring (bicyclic) bond motifs is 2. The number of allylic oxidation sites excluding steroid dienone is 5. The lowest BCUT2D eigenvalue weighted by molar-refractivity contribution is -0.137. The van der Waals surface area contributed by atoms with E-state index in [2.05, 4.69) is 6.58 Å². The van der Waals surface area contributed by atoms with Crippen molar-refractivity contribution in [3.63, 3.8) is 0 Å². The number of Topliss-reactive ketones (excluding diaryl/α,β-unsaturated/α-hetero) is 1. The second kappa shape index (κ2) is 6.05. The van der Waals surface area contributed by atoms with Gasteiger partial charge in [-0.2, -0.15) is 0 Å². The molecule has 0 heterocycles. The van der Waals surface area contributed by atoms with Crippen LogP contribution in [0.1, 0.15) is 31.7 Å². The molecule has 0 saturated heterocycles. The van der Waals surface area contributed by atoms with Crippen molar-refractivity contribution in [2.75, 3.05) is 0 Å². The molecule has 2 aromatic rings. The number of hydrogen-bond donors (Lipinski definition) is 1. The average molecular weight is 358 g/mol. The van der Waals surface area contributed by atoms with Gasteiger partial charge in [0.15, 0.2) is 11.6 Å². The molecule has 3 unspecified atom stereocenters. The lowest BCUT2D eigenvalue weighted by atomic mass is 9.53. The largest absolute Gasteiger partial charge is 0.507 e. The van der Waals surface area contributed by atoms with Gasteiger partial charge in [-0.25, -0.2) is 0 Å². The van der Waals surface area contributed by atoms with E-state index in [-0.39, 0.29) is 29.2 Å². The summed E-state index contributed by atoms with van der Waals surface area (Å²) in [5.41, 5.74) is 1.55. The molecule has 0 spiro atoms. The molecule has 3 atom stereocenters. The third-order valence-electron chi connectivity index (χ3n) is 6.28. The quantitative estimate of drug-likeness (QED) is 0.833. The normalized spacial score (nSPS) is 27.8. The van der Waals surface area contributed by atoms with Crippen molar-refractivity contribution in [2.24, 2.45) is 11.3 Å². The van der Waals surface area contributed by atoms with Crippen molar-refractivity contribution in [2.45, 2.75) is 26.2 Å². The molecule has 0 saturated carbocycles. The van der Waals surface area contributed by atoms with Gasteiger partial charge in [0.05, 0.1) is 5.41 Å². The van der Waals surface area contributed by atoms with Crippen LogP contribution in [0.25, 0.3) is 10.8 Å². The lowest BCUT2D eigenvalue weighted by Gasteiger charge is -2.47. The summed E-state index contributed by atoms with van der Waals surface area (Å²) >= 11 is 0. The minimum atomic E-state index is -0.867. The Morgan fingerprint density at radius 3 is 2.56 bits per heavy atom. The van der Waals surface area contributed by atoms with Crippen LogP contribution >= 0.6 is 0 Å². The standard InChI is InChI=1S/C24H22O3/c1-4-15-9-11-19-21(26)13-14(2)23(27)24(19,3)22(15)18-10-12-20(25)17-8-6-5-7-16(17)18/h4-10,12-13,19,22,25H,1,11H2,2-3H3. The van der Waals surface area contributed by atoms with Gasteiger partial charge in [-0.15, -0.1) is 0 Å². The molecule has 136 valence electrons. The Bertz CT molecular complexity index is 1060. The lowest BCUT2D eigenvalue weighted by Crippen LogP contribution is -2.49. The number of ketones is 2. The summed E-state index contributed by atoms with van der Waals surface area (Å²) in [6.45, 7) is 7.60. The summed E-state index contributed by atoms with van der Waals surface area (Å²) in [5, 5.41) is 11.9. The number of aromatic hydroxyl groups is 1. The van der Waals surface area contributed by atoms with E-state index in [1.54, 1.807) is 19.1 Å². The van der Waals surface area contributed by atoms with Gasteiger partial charge in [0.2, 0.25) is 0 Å². The predicted octanol–water partition coefficient (Wildman–Crippen LogP) is 4.87. The number of carbonyl (C=O) groups excluding carboxylic acids is 2. The zero-order valence-electron chi connectivity index (χ0n) is 15.5. The Labute approximate surface area is 158 Å². The second-order valence-corrected chi connectivity index (χ2v) is 7.69. The van der Waals surface area contributed by atoms with Gasteiger partial charge in [-0.05, 0) is 47.6 Å². The van der Waals surface area contributed by atoms with Crippen molar-refractivity contribution in [3.05, 3.63) is 77.9 Å². The molecular formula is C24H22O3. The summed E-state index contributed by atoms with van der Waals surface area (Å²) in [4.78, 5) is 26.1. The van der Waals surface area contributed by atoms with Crippen LogP contribution in [0.5, 0.6) is 5.75 Å². The molecule has 3 nitrogen and oxygen atoms in total. The van der Waals surface area contributed by atoms with E-state index < -0.39 is 5.41 Å². The van der Waals surface area contributed by atoms with E-state index >= 15 is 0 Å². The molecule has 4 rings (SSSR count). The molecular weight excluding hydrogens is 336 g/mol. The van der Waals surface area contributed by atoms with Gasteiger partial charge in [0.1, 0.15) is 5.75 Å². The maximum atomic E-state index is 13.3. The highest BCUT2D eigenvalue weighted by atomic mass is 16.3. The molecule has 0 aromatic heterocycles. The molecule has 0 fully saturated rings. The van der Waals surface area contributed by atoms with Gasteiger partial charge < -0.3 is 5.11 Å². The SMILES string of the molecule is C=CC1=CCC2C(=O)C=C(C)C(=O)C2(C)C1c1ccc(O)c2ccccc12. The van der Waals surface area contributed by atoms with Crippen molar-refractivity contribution in [1.82, 2.24) is 0 Å². The van der Waals surface area contributed by atoms with Crippen LogP contribution < -0.4 is 0 Å². The van der Waals surface area contributed by atoms with E-state index in [0.29, 0.717) is 12.0 Å². The van der Waals surface area contributed by atoms with Gasteiger partial charge in [0.25, 0.3) is 0 Å². The van der Waals surface area contributed by atoms with Crippen LogP contribution in [0, 0.1) is 11.3 Å². The fraction of sp³-hybridized carbons (Fsp3) is 0.250. The molecule has 2 aliphatic rings. The van der Waals surface area contributed by atoms with Gasteiger partial charge >= 0.3 is 0 Å². The van der Waals surface area contributed by atoms with Gasteiger partial charge in [-0.3, -0.25) is 9.59 Å². The first kappa shape index (κ1) is 17.5. The smallest absolute Gasteiger partial charge is 0.166 e. The average Bonchev–Trinajstić information content (AvgIpc) is 2.67. The summed E-state index contributed by atoms with van der Waals surface area (Å²) < 4.78 is 0. The number of phenols is 1. The molecule has 0 bridgehead atoms. The first-order valence-corrected chi connectivity index (χ1v) is 9.19. The first-order valence-electron chi connectivity index (χ1n) is 9.19. The van der Waals surface area contributed by atoms with E-state index in [1.165, 1.54) is 6.08 Å². The highest BCUT2D eigenvalue weighted by Gasteiger charge is 2.55. The minimum absolute atomic E-state index is 0.0155. The van der Waals surface area contributed by atoms with E-state index in [9.17, 15) is 14.7 Å². The Morgan fingerprint density at radius 1 is 1.15 bits per heavy atom. The van der Waals surface area contributed by atoms with Crippen molar-refractivity contribution < 1.29 is 14.7 Å². The van der Waals surface area contributed by atoms with Crippen LogP contribution in [0.3, 0.4) is 0 Å². The van der Waals surface area contributed by atoms with Crippen molar-refractivity contribution in [1.29, 1.82) is 0 Å². The zero-order valence-corrected chi connectivity index (χ0v) is 15.5. The summed E-state index contributed by atoms with van der Waals surface area (Å²) in [6.07, 6.45) is 5.86. The monoisotopic (exact) mass is 358 g/mol. The molecule has 3 heteroatoms. The molecule has 2 aliphatic carbocycles. The topological polar surface area (TPSA) is 54.4 Å². The molecule has 1 N–H and O–H groups in total. The summed E-state index contributed by atoms with van der Waals surface area (Å²) in [6, 6.07) is 11.2. The zero-order chi connectivity index (χ0) is 19.3. The first-order chi connectivity index (χ1) is 12.9. The van der Waals surface area contributed by atoms with Crippen molar-refractivity contribution >= 4 is 22.3 Å². The maximum absolute atomic E-state index is 13.3. The molecule has 0 amide bonds. The number of benzene rings is 2. The molecule has 0 radical (unpaired) electrons. The van der Waals surface area contributed by atoms with Crippen molar-refractivity contribution in [3.8, 4) is 5.75 Å². The highest BCUT2D eigenvalue weighted by Crippen LogP contribution is 2.56. The Balaban J connectivity index is 2.04. The minimum Gasteiger partial charge on any atom is -0.507 e. The fourth-order valence-corrected chi connectivity index (χ4v) is 4.93. The van der Waals surface area contributed by atoms with Gasteiger partial charge in [-0.1, -0.05) is 56.0 Å². The number of carbonyl (C=O) groups is 2. The van der Waals surface area contributed by atoms with Gasteiger partial charge in [0, 0.05) is 17.2 Å². The third-order valence-corrected chi connectivity index (χ3v) is 6.28. The second-order valence-electron chi connectivity index (χ2n) is 7.69. The Morgan fingerprint density at radius 2 is 1.85 bits per heavy atom. The fourth-order valence-electron chi connectivity index (χ4n) is 4.93. The number of phenolic OH excluding ortho intramolecular Hbond substituents is 1. The molecule has 2 aromatic carbocycles.